The smallest absolute Gasteiger partial charge is 0.243 e. The highest BCUT2D eigenvalue weighted by molar-refractivity contribution is 7.92. The second-order valence-electron chi connectivity index (χ2n) is 10.6. The Bertz CT molecular complexity index is 1230. The second-order valence-corrected chi connectivity index (χ2v) is 13.0. The zero-order valence-corrected chi connectivity index (χ0v) is 25.2. The molecule has 0 saturated heterocycles. The number of hydrogen-bond acceptors (Lipinski definition) is 4. The molecule has 1 saturated carbocycles. The molecule has 1 unspecified atom stereocenters. The summed E-state index contributed by atoms with van der Waals surface area (Å²) in [5.41, 5.74) is 3.32. The molecule has 2 aromatic rings. The van der Waals surface area contributed by atoms with E-state index in [2.05, 4.69) is 5.32 Å². The van der Waals surface area contributed by atoms with Crippen molar-refractivity contribution in [2.75, 3.05) is 17.1 Å². The van der Waals surface area contributed by atoms with E-state index in [1.54, 1.807) is 17.0 Å². The van der Waals surface area contributed by atoms with E-state index in [9.17, 15) is 18.0 Å². The molecule has 0 heterocycles. The normalized spacial score (nSPS) is 15.0. The fraction of sp³-hybridized carbons (Fsp3) is 0.533. The van der Waals surface area contributed by atoms with Crippen molar-refractivity contribution in [2.24, 2.45) is 0 Å². The summed E-state index contributed by atoms with van der Waals surface area (Å²) in [6.45, 7) is 6.17. The van der Waals surface area contributed by atoms with Crippen molar-refractivity contribution in [3.63, 3.8) is 0 Å². The van der Waals surface area contributed by atoms with Crippen molar-refractivity contribution in [3.8, 4) is 0 Å². The summed E-state index contributed by atoms with van der Waals surface area (Å²) in [5.74, 6) is -0.301. The lowest BCUT2D eigenvalue weighted by Crippen LogP contribution is -2.51. The third-order valence-electron chi connectivity index (χ3n) is 7.39. The van der Waals surface area contributed by atoms with E-state index in [4.69, 9.17) is 11.6 Å². The Morgan fingerprint density at radius 2 is 1.72 bits per heavy atom. The van der Waals surface area contributed by atoms with Gasteiger partial charge in [0.1, 0.15) is 6.04 Å². The Kier molecular flexibility index (Phi) is 11.2. The molecule has 2 amide bonds. The van der Waals surface area contributed by atoms with Crippen LogP contribution in [0.3, 0.4) is 0 Å². The second kappa shape index (κ2) is 14.2. The van der Waals surface area contributed by atoms with Gasteiger partial charge in [-0.15, -0.1) is 0 Å². The van der Waals surface area contributed by atoms with Crippen LogP contribution in [-0.4, -0.2) is 50.0 Å². The first kappa shape index (κ1) is 31.0. The minimum atomic E-state index is -3.55. The average molecular weight is 576 g/mol. The molecular weight excluding hydrogens is 534 g/mol. The standard InChI is InChI=1S/C30H42ClN3O4S/c1-5-27(30(36)32-26-10-7-6-8-11-26)33(21-24-15-17-25(31)18-16-24)29(35)12-9-19-34(39(4,37)38)28-20-22(2)13-14-23(28)3/h13-18,20,26-27H,5-12,19,21H2,1-4H3,(H,32,36). The number of hydrogen-bond donors (Lipinski definition) is 1. The third-order valence-corrected chi connectivity index (χ3v) is 8.82. The minimum Gasteiger partial charge on any atom is -0.352 e. The quantitative estimate of drug-likeness (QED) is 0.349. The molecule has 1 aliphatic rings. The number of sulfonamides is 1. The lowest BCUT2D eigenvalue weighted by Gasteiger charge is -2.33. The van der Waals surface area contributed by atoms with Gasteiger partial charge >= 0.3 is 0 Å². The number of carbonyl (C=O) groups excluding carboxylic acids is 2. The van der Waals surface area contributed by atoms with E-state index in [-0.39, 0.29) is 37.4 Å². The van der Waals surface area contributed by atoms with Gasteiger partial charge in [-0.2, -0.15) is 0 Å². The number of carbonyl (C=O) groups is 2. The molecule has 7 nitrogen and oxygen atoms in total. The summed E-state index contributed by atoms with van der Waals surface area (Å²) in [6, 6.07) is 12.5. The predicted octanol–water partition coefficient (Wildman–Crippen LogP) is 5.76. The number of nitrogens with zero attached hydrogens (tertiary/aromatic N) is 2. The Balaban J connectivity index is 1.77. The zero-order valence-electron chi connectivity index (χ0n) is 23.6. The van der Waals surface area contributed by atoms with Gasteiger partial charge < -0.3 is 10.2 Å². The van der Waals surface area contributed by atoms with Crippen molar-refractivity contribution < 1.29 is 18.0 Å². The van der Waals surface area contributed by atoms with Gasteiger partial charge in [0.2, 0.25) is 21.8 Å². The van der Waals surface area contributed by atoms with Crippen molar-refractivity contribution in [1.82, 2.24) is 10.2 Å². The number of halogens is 1. The van der Waals surface area contributed by atoms with Crippen LogP contribution in [0, 0.1) is 13.8 Å². The predicted molar refractivity (Wildman–Crippen MR) is 158 cm³/mol. The molecule has 0 aromatic heterocycles. The first-order valence-corrected chi connectivity index (χ1v) is 16.1. The average Bonchev–Trinajstić information content (AvgIpc) is 2.89. The number of amides is 2. The molecule has 1 N–H and O–H groups in total. The van der Waals surface area contributed by atoms with E-state index >= 15 is 0 Å². The number of aryl methyl sites for hydroxylation is 2. The molecule has 0 radical (unpaired) electrons. The van der Waals surface area contributed by atoms with E-state index < -0.39 is 16.1 Å². The number of nitrogens with one attached hydrogen (secondary N) is 1. The summed E-state index contributed by atoms with van der Waals surface area (Å²) in [7, 11) is -3.55. The molecule has 1 fully saturated rings. The first-order valence-electron chi connectivity index (χ1n) is 13.9. The Hall–Kier alpha value is -2.58. The highest BCUT2D eigenvalue weighted by Gasteiger charge is 2.30. The van der Waals surface area contributed by atoms with Gasteiger partial charge in [0.25, 0.3) is 0 Å². The van der Waals surface area contributed by atoms with Crippen LogP contribution in [0.5, 0.6) is 0 Å². The Morgan fingerprint density at radius 1 is 1.05 bits per heavy atom. The maximum Gasteiger partial charge on any atom is 0.243 e. The van der Waals surface area contributed by atoms with Crippen molar-refractivity contribution in [2.45, 2.75) is 90.8 Å². The third kappa shape index (κ3) is 8.97. The minimum absolute atomic E-state index is 0.123. The van der Waals surface area contributed by atoms with Crippen LogP contribution in [-0.2, 0) is 26.2 Å². The SMILES string of the molecule is CCC(C(=O)NC1CCCCC1)N(Cc1ccc(Cl)cc1)C(=O)CCCN(c1cc(C)ccc1C)S(C)(=O)=O. The summed E-state index contributed by atoms with van der Waals surface area (Å²) in [6.07, 6.45) is 7.45. The molecule has 0 bridgehead atoms. The van der Waals surface area contributed by atoms with Crippen LogP contribution in [0.4, 0.5) is 5.69 Å². The summed E-state index contributed by atoms with van der Waals surface area (Å²) in [5, 5.41) is 3.79. The van der Waals surface area contributed by atoms with Gasteiger partial charge in [0, 0.05) is 30.6 Å². The van der Waals surface area contributed by atoms with Crippen LogP contribution in [0.15, 0.2) is 42.5 Å². The van der Waals surface area contributed by atoms with Crippen LogP contribution >= 0.6 is 11.6 Å². The van der Waals surface area contributed by atoms with Gasteiger partial charge in [-0.3, -0.25) is 13.9 Å². The number of benzene rings is 2. The highest BCUT2D eigenvalue weighted by atomic mass is 35.5. The fourth-order valence-electron chi connectivity index (χ4n) is 5.22. The highest BCUT2D eigenvalue weighted by Crippen LogP contribution is 2.25. The Morgan fingerprint density at radius 3 is 2.33 bits per heavy atom. The molecule has 1 aliphatic carbocycles. The van der Waals surface area contributed by atoms with Crippen LogP contribution in [0.1, 0.15) is 75.0 Å². The van der Waals surface area contributed by atoms with Crippen molar-refractivity contribution in [3.05, 3.63) is 64.2 Å². The van der Waals surface area contributed by atoms with Gasteiger partial charge in [-0.1, -0.05) is 62.1 Å². The van der Waals surface area contributed by atoms with Crippen molar-refractivity contribution in [1.29, 1.82) is 0 Å². The monoisotopic (exact) mass is 575 g/mol. The maximum absolute atomic E-state index is 13.7. The largest absolute Gasteiger partial charge is 0.352 e. The molecule has 1 atom stereocenters. The van der Waals surface area contributed by atoms with Crippen LogP contribution in [0.25, 0.3) is 0 Å². The Labute approximate surface area is 239 Å². The van der Waals surface area contributed by atoms with Crippen LogP contribution in [0.2, 0.25) is 5.02 Å². The number of rotatable bonds is 12. The van der Waals surface area contributed by atoms with Gasteiger partial charge in [-0.25, -0.2) is 8.42 Å². The molecular formula is C30H42ClN3O4S. The lowest BCUT2D eigenvalue weighted by atomic mass is 9.95. The molecule has 214 valence electrons. The van der Waals surface area contributed by atoms with E-state index in [0.717, 1.165) is 42.4 Å². The fourth-order valence-corrected chi connectivity index (χ4v) is 6.36. The summed E-state index contributed by atoms with van der Waals surface area (Å²) in [4.78, 5) is 28.7. The lowest BCUT2D eigenvalue weighted by molar-refractivity contribution is -0.141. The van der Waals surface area contributed by atoms with Crippen molar-refractivity contribution >= 4 is 39.1 Å². The van der Waals surface area contributed by atoms with Gasteiger partial charge in [-0.05, 0) is 74.4 Å². The van der Waals surface area contributed by atoms with Crippen LogP contribution < -0.4 is 9.62 Å². The summed E-state index contributed by atoms with van der Waals surface area (Å²) < 4.78 is 26.7. The molecule has 9 heteroatoms. The van der Waals surface area contributed by atoms with E-state index in [1.165, 1.54) is 17.0 Å². The molecule has 3 rings (SSSR count). The van der Waals surface area contributed by atoms with E-state index in [0.29, 0.717) is 23.6 Å². The van der Waals surface area contributed by atoms with E-state index in [1.807, 2.05) is 51.1 Å². The summed E-state index contributed by atoms with van der Waals surface area (Å²) >= 11 is 6.07. The molecule has 0 spiro atoms. The maximum atomic E-state index is 13.7. The van der Waals surface area contributed by atoms with Gasteiger partial charge in [0.15, 0.2) is 0 Å². The molecule has 2 aromatic carbocycles. The topological polar surface area (TPSA) is 86.8 Å². The molecule has 0 aliphatic heterocycles. The van der Waals surface area contributed by atoms with Gasteiger partial charge in [0.05, 0.1) is 11.9 Å². The molecule has 39 heavy (non-hydrogen) atoms. The zero-order chi connectivity index (χ0) is 28.6. The number of anilines is 1. The first-order chi connectivity index (χ1) is 18.5.